The van der Waals surface area contributed by atoms with Crippen LogP contribution in [0.25, 0.3) is 0 Å². The van der Waals surface area contributed by atoms with Crippen LogP contribution in [0.4, 0.5) is 11.4 Å². The van der Waals surface area contributed by atoms with Gasteiger partial charge in [-0.25, -0.2) is 0 Å². The standard InChI is InChI=1S/C23H28N4O4/c1-2-24-22(29)16-7-11-19(12-8-16)27-21(28)15-25-18-9-5-17(6-10-18)23(30)26-14-20-4-3-13-31-20/h5-12,20,25H,2-4,13-15H2,1H3,(H,24,29)(H,26,30)(H,27,28). The van der Waals surface area contributed by atoms with E-state index in [1.54, 1.807) is 48.5 Å². The van der Waals surface area contributed by atoms with E-state index in [-0.39, 0.29) is 30.4 Å². The lowest BCUT2D eigenvalue weighted by Crippen LogP contribution is -2.31. The Bertz CT molecular complexity index is 891. The van der Waals surface area contributed by atoms with Crippen LogP contribution in [-0.2, 0) is 9.53 Å². The number of benzene rings is 2. The molecule has 8 nitrogen and oxygen atoms in total. The normalized spacial score (nSPS) is 15.2. The first-order valence-electron chi connectivity index (χ1n) is 10.5. The Morgan fingerprint density at radius 2 is 1.52 bits per heavy atom. The minimum Gasteiger partial charge on any atom is -0.376 e. The molecule has 8 heteroatoms. The van der Waals surface area contributed by atoms with Crippen molar-refractivity contribution in [2.24, 2.45) is 0 Å². The number of anilines is 2. The molecule has 1 heterocycles. The van der Waals surface area contributed by atoms with E-state index in [9.17, 15) is 14.4 Å². The highest BCUT2D eigenvalue weighted by Crippen LogP contribution is 2.13. The number of nitrogens with one attached hydrogen (secondary N) is 4. The monoisotopic (exact) mass is 424 g/mol. The minimum atomic E-state index is -0.218. The molecule has 0 saturated carbocycles. The quantitative estimate of drug-likeness (QED) is 0.494. The van der Waals surface area contributed by atoms with Gasteiger partial charge in [-0.3, -0.25) is 14.4 Å². The van der Waals surface area contributed by atoms with Crippen molar-refractivity contribution < 1.29 is 19.1 Å². The lowest BCUT2D eigenvalue weighted by atomic mass is 10.2. The Hall–Kier alpha value is -3.39. The molecule has 0 spiro atoms. The zero-order valence-corrected chi connectivity index (χ0v) is 17.6. The molecule has 1 atom stereocenters. The van der Waals surface area contributed by atoms with E-state index in [1.165, 1.54) is 0 Å². The first kappa shape index (κ1) is 22.3. The van der Waals surface area contributed by atoms with Gasteiger partial charge in [-0.1, -0.05) is 0 Å². The van der Waals surface area contributed by atoms with Crippen molar-refractivity contribution in [3.8, 4) is 0 Å². The lowest BCUT2D eigenvalue weighted by Gasteiger charge is -2.11. The Morgan fingerprint density at radius 1 is 0.903 bits per heavy atom. The fourth-order valence-electron chi connectivity index (χ4n) is 3.21. The predicted molar refractivity (Wildman–Crippen MR) is 119 cm³/mol. The molecule has 3 amide bonds. The zero-order chi connectivity index (χ0) is 22.1. The maximum atomic E-state index is 12.2. The van der Waals surface area contributed by atoms with Crippen LogP contribution in [0.3, 0.4) is 0 Å². The summed E-state index contributed by atoms with van der Waals surface area (Å²) in [4.78, 5) is 36.1. The number of amides is 3. The van der Waals surface area contributed by atoms with Crippen LogP contribution in [0.15, 0.2) is 48.5 Å². The summed E-state index contributed by atoms with van der Waals surface area (Å²) >= 11 is 0. The van der Waals surface area contributed by atoms with Crippen molar-refractivity contribution in [1.82, 2.24) is 10.6 Å². The summed E-state index contributed by atoms with van der Waals surface area (Å²) in [7, 11) is 0. The van der Waals surface area contributed by atoms with E-state index in [0.29, 0.717) is 29.9 Å². The van der Waals surface area contributed by atoms with Crippen LogP contribution in [0.5, 0.6) is 0 Å². The molecule has 3 rings (SSSR count). The highest BCUT2D eigenvalue weighted by atomic mass is 16.5. The van der Waals surface area contributed by atoms with Crippen molar-refractivity contribution in [3.05, 3.63) is 59.7 Å². The Kier molecular flexibility index (Phi) is 8.00. The molecule has 1 fully saturated rings. The van der Waals surface area contributed by atoms with Crippen LogP contribution >= 0.6 is 0 Å². The van der Waals surface area contributed by atoms with Crippen molar-refractivity contribution >= 4 is 29.1 Å². The second-order valence-electron chi connectivity index (χ2n) is 7.26. The predicted octanol–water partition coefficient (Wildman–Crippen LogP) is 2.40. The van der Waals surface area contributed by atoms with Crippen molar-refractivity contribution in [1.29, 1.82) is 0 Å². The first-order chi connectivity index (χ1) is 15.0. The van der Waals surface area contributed by atoms with Crippen LogP contribution < -0.4 is 21.3 Å². The number of hydrogen-bond donors (Lipinski definition) is 4. The van der Waals surface area contributed by atoms with Gasteiger partial charge in [-0.15, -0.1) is 0 Å². The third-order valence-corrected chi connectivity index (χ3v) is 4.88. The Labute approximate surface area is 181 Å². The molecule has 2 aromatic rings. The third kappa shape index (κ3) is 6.82. The Morgan fingerprint density at radius 3 is 2.10 bits per heavy atom. The Balaban J connectivity index is 1.42. The fourth-order valence-corrected chi connectivity index (χ4v) is 3.21. The van der Waals surface area contributed by atoms with Gasteiger partial charge in [0.15, 0.2) is 0 Å². The number of ether oxygens (including phenoxy) is 1. The maximum Gasteiger partial charge on any atom is 0.251 e. The molecule has 1 unspecified atom stereocenters. The molecular formula is C23H28N4O4. The van der Waals surface area contributed by atoms with Crippen molar-refractivity contribution in [3.63, 3.8) is 0 Å². The molecule has 31 heavy (non-hydrogen) atoms. The molecular weight excluding hydrogens is 396 g/mol. The highest BCUT2D eigenvalue weighted by Gasteiger charge is 2.16. The van der Waals surface area contributed by atoms with Gasteiger partial charge in [0.1, 0.15) is 0 Å². The SMILES string of the molecule is CCNC(=O)c1ccc(NC(=O)CNc2ccc(C(=O)NCC3CCCO3)cc2)cc1. The molecule has 1 aliphatic heterocycles. The molecule has 4 N–H and O–H groups in total. The summed E-state index contributed by atoms with van der Waals surface area (Å²) in [5.41, 5.74) is 2.44. The van der Waals surface area contributed by atoms with E-state index in [2.05, 4.69) is 21.3 Å². The molecule has 164 valence electrons. The van der Waals surface area contributed by atoms with Gasteiger partial charge < -0.3 is 26.0 Å². The lowest BCUT2D eigenvalue weighted by molar-refractivity contribution is -0.114. The number of carbonyl (C=O) groups is 3. The second kappa shape index (κ2) is 11.1. The summed E-state index contributed by atoms with van der Waals surface area (Å²) in [5, 5.41) is 11.4. The summed E-state index contributed by atoms with van der Waals surface area (Å²) in [6.45, 7) is 3.76. The number of rotatable bonds is 9. The van der Waals surface area contributed by atoms with Gasteiger partial charge in [0, 0.05) is 42.2 Å². The molecule has 1 aliphatic rings. The van der Waals surface area contributed by atoms with Crippen LogP contribution in [0, 0.1) is 0 Å². The average Bonchev–Trinajstić information content (AvgIpc) is 3.31. The van der Waals surface area contributed by atoms with Crippen molar-refractivity contribution in [2.75, 3.05) is 36.9 Å². The van der Waals surface area contributed by atoms with Crippen molar-refractivity contribution in [2.45, 2.75) is 25.9 Å². The summed E-state index contributed by atoms with van der Waals surface area (Å²) < 4.78 is 5.50. The van der Waals surface area contributed by atoms with E-state index in [1.807, 2.05) is 6.92 Å². The van der Waals surface area contributed by atoms with Gasteiger partial charge in [-0.05, 0) is 68.3 Å². The molecule has 0 bridgehead atoms. The topological polar surface area (TPSA) is 109 Å². The molecule has 0 radical (unpaired) electrons. The summed E-state index contributed by atoms with van der Waals surface area (Å²) in [6.07, 6.45) is 2.12. The summed E-state index contributed by atoms with van der Waals surface area (Å²) in [5.74, 6) is -0.508. The number of carbonyl (C=O) groups excluding carboxylic acids is 3. The van der Waals surface area contributed by atoms with E-state index in [4.69, 9.17) is 4.74 Å². The second-order valence-corrected chi connectivity index (χ2v) is 7.26. The minimum absolute atomic E-state index is 0.0721. The number of hydrogen-bond acceptors (Lipinski definition) is 5. The van der Waals surface area contributed by atoms with Gasteiger partial charge in [0.2, 0.25) is 5.91 Å². The van der Waals surface area contributed by atoms with E-state index < -0.39 is 0 Å². The van der Waals surface area contributed by atoms with Gasteiger partial charge in [-0.2, -0.15) is 0 Å². The third-order valence-electron chi connectivity index (χ3n) is 4.88. The van der Waals surface area contributed by atoms with Gasteiger partial charge >= 0.3 is 0 Å². The van der Waals surface area contributed by atoms with Crippen LogP contribution in [-0.4, -0.2) is 50.1 Å². The van der Waals surface area contributed by atoms with Crippen LogP contribution in [0.2, 0.25) is 0 Å². The molecule has 0 aliphatic carbocycles. The molecule has 2 aromatic carbocycles. The van der Waals surface area contributed by atoms with Crippen LogP contribution in [0.1, 0.15) is 40.5 Å². The fraction of sp³-hybridized carbons (Fsp3) is 0.348. The molecule has 1 saturated heterocycles. The van der Waals surface area contributed by atoms with Gasteiger partial charge in [0.05, 0.1) is 12.6 Å². The van der Waals surface area contributed by atoms with E-state index in [0.717, 1.165) is 25.1 Å². The largest absolute Gasteiger partial charge is 0.376 e. The highest BCUT2D eigenvalue weighted by molar-refractivity contribution is 5.97. The average molecular weight is 425 g/mol. The molecule has 0 aromatic heterocycles. The first-order valence-corrected chi connectivity index (χ1v) is 10.5. The zero-order valence-electron chi connectivity index (χ0n) is 17.6. The van der Waals surface area contributed by atoms with Gasteiger partial charge in [0.25, 0.3) is 11.8 Å². The van der Waals surface area contributed by atoms with E-state index >= 15 is 0 Å². The summed E-state index contributed by atoms with van der Waals surface area (Å²) in [6, 6.07) is 13.6. The maximum absolute atomic E-state index is 12.2. The smallest absolute Gasteiger partial charge is 0.251 e.